The number of rotatable bonds is 4. The van der Waals surface area contributed by atoms with Gasteiger partial charge in [-0.1, -0.05) is 12.2 Å². The minimum absolute atomic E-state index is 0.333. The van der Waals surface area contributed by atoms with Crippen LogP contribution in [0.5, 0.6) is 5.75 Å². The normalized spacial score (nSPS) is 10.6. The zero-order valence-corrected chi connectivity index (χ0v) is 13.8. The Balaban J connectivity index is 2.98. The van der Waals surface area contributed by atoms with E-state index in [-0.39, 0.29) is 5.97 Å². The standard InChI is InChI=1S/C12H12I2O3/c1-3-4-5-17-11-9(13)6-8(7-10(11)14)12(15)16-2/h3-4,6-7H,5H2,1-2H3. The first-order valence-corrected chi connectivity index (χ1v) is 7.07. The summed E-state index contributed by atoms with van der Waals surface area (Å²) in [5.74, 6) is 0.470. The number of esters is 1. The number of carbonyl (C=O) groups is 1. The third kappa shape index (κ3) is 4.13. The molecule has 0 aromatic heterocycles. The topological polar surface area (TPSA) is 35.5 Å². The van der Waals surface area contributed by atoms with Gasteiger partial charge < -0.3 is 9.47 Å². The quantitative estimate of drug-likeness (QED) is 0.393. The molecule has 1 aromatic rings. The monoisotopic (exact) mass is 458 g/mol. The van der Waals surface area contributed by atoms with Crippen LogP contribution in [0.25, 0.3) is 0 Å². The van der Waals surface area contributed by atoms with Crippen molar-refractivity contribution in [2.24, 2.45) is 0 Å². The largest absolute Gasteiger partial charge is 0.487 e. The fourth-order valence-corrected chi connectivity index (χ4v) is 3.24. The van der Waals surface area contributed by atoms with E-state index in [1.54, 1.807) is 12.1 Å². The van der Waals surface area contributed by atoms with Crippen LogP contribution in [0.2, 0.25) is 0 Å². The van der Waals surface area contributed by atoms with Gasteiger partial charge >= 0.3 is 5.97 Å². The molecule has 0 aliphatic rings. The smallest absolute Gasteiger partial charge is 0.337 e. The zero-order valence-electron chi connectivity index (χ0n) is 9.50. The van der Waals surface area contributed by atoms with Gasteiger partial charge in [-0.05, 0) is 64.2 Å². The summed E-state index contributed by atoms with van der Waals surface area (Å²) in [6.07, 6.45) is 3.86. The lowest BCUT2D eigenvalue weighted by atomic mass is 10.2. The molecule has 0 spiro atoms. The van der Waals surface area contributed by atoms with Crippen LogP contribution in [-0.4, -0.2) is 19.7 Å². The second-order valence-electron chi connectivity index (χ2n) is 3.14. The molecule has 0 bridgehead atoms. The van der Waals surface area contributed by atoms with Gasteiger partial charge in [0.1, 0.15) is 12.4 Å². The molecule has 92 valence electrons. The summed E-state index contributed by atoms with van der Waals surface area (Å²) < 4.78 is 12.1. The number of halogens is 2. The van der Waals surface area contributed by atoms with Gasteiger partial charge in [-0.3, -0.25) is 0 Å². The average molecular weight is 458 g/mol. The van der Waals surface area contributed by atoms with Crippen molar-refractivity contribution in [3.8, 4) is 5.75 Å². The van der Waals surface area contributed by atoms with Gasteiger partial charge in [0.15, 0.2) is 0 Å². The fraction of sp³-hybridized carbons (Fsp3) is 0.250. The Hall–Kier alpha value is -0.310. The van der Waals surface area contributed by atoms with Crippen molar-refractivity contribution in [3.63, 3.8) is 0 Å². The molecular weight excluding hydrogens is 446 g/mol. The van der Waals surface area contributed by atoms with Crippen LogP contribution < -0.4 is 4.74 Å². The van der Waals surface area contributed by atoms with E-state index in [4.69, 9.17) is 4.74 Å². The molecule has 0 unspecified atom stereocenters. The Kier molecular flexibility index (Phi) is 6.24. The van der Waals surface area contributed by atoms with Crippen LogP contribution in [0.4, 0.5) is 0 Å². The molecule has 1 rings (SSSR count). The number of allylic oxidation sites excluding steroid dienone is 1. The molecule has 0 saturated carbocycles. The van der Waals surface area contributed by atoms with Gasteiger partial charge in [-0.2, -0.15) is 0 Å². The zero-order chi connectivity index (χ0) is 12.8. The molecule has 0 aliphatic carbocycles. The SMILES string of the molecule is CC=CCOc1c(I)cc(C(=O)OC)cc1I. The Bertz CT molecular complexity index is 418. The molecule has 17 heavy (non-hydrogen) atoms. The molecule has 0 atom stereocenters. The Morgan fingerprint density at radius 2 is 1.94 bits per heavy atom. The van der Waals surface area contributed by atoms with Gasteiger partial charge in [-0.25, -0.2) is 4.79 Å². The molecule has 0 amide bonds. The van der Waals surface area contributed by atoms with Crippen LogP contribution in [0, 0.1) is 7.14 Å². The molecule has 0 fully saturated rings. The van der Waals surface area contributed by atoms with Gasteiger partial charge in [0.25, 0.3) is 0 Å². The summed E-state index contributed by atoms with van der Waals surface area (Å²) in [6.45, 7) is 2.47. The fourth-order valence-electron chi connectivity index (χ4n) is 1.16. The first-order chi connectivity index (χ1) is 8.10. The minimum Gasteiger partial charge on any atom is -0.487 e. The van der Waals surface area contributed by atoms with Gasteiger partial charge in [-0.15, -0.1) is 0 Å². The maximum atomic E-state index is 11.4. The highest BCUT2D eigenvalue weighted by Crippen LogP contribution is 2.29. The number of carbonyl (C=O) groups excluding carboxylic acids is 1. The summed E-state index contributed by atoms with van der Waals surface area (Å²) in [5.41, 5.74) is 0.541. The van der Waals surface area contributed by atoms with Crippen LogP contribution in [0.15, 0.2) is 24.3 Å². The summed E-state index contributed by atoms with van der Waals surface area (Å²) in [5, 5.41) is 0. The molecule has 0 N–H and O–H groups in total. The van der Waals surface area contributed by atoms with E-state index in [9.17, 15) is 4.79 Å². The Morgan fingerprint density at radius 3 is 2.41 bits per heavy atom. The average Bonchev–Trinajstić information content (AvgIpc) is 2.31. The lowest BCUT2D eigenvalue weighted by Crippen LogP contribution is -2.04. The lowest BCUT2D eigenvalue weighted by molar-refractivity contribution is 0.0600. The minimum atomic E-state index is -0.333. The number of hydrogen-bond acceptors (Lipinski definition) is 3. The first-order valence-electron chi connectivity index (χ1n) is 4.91. The van der Waals surface area contributed by atoms with Crippen LogP contribution in [-0.2, 0) is 4.74 Å². The predicted molar refractivity (Wildman–Crippen MR) is 83.5 cm³/mol. The van der Waals surface area contributed by atoms with Crippen LogP contribution >= 0.6 is 45.2 Å². The van der Waals surface area contributed by atoms with Crippen molar-refractivity contribution >= 4 is 51.2 Å². The molecule has 1 aromatic carbocycles. The van der Waals surface area contributed by atoms with Crippen molar-refractivity contribution < 1.29 is 14.3 Å². The molecule has 0 aliphatic heterocycles. The Morgan fingerprint density at radius 1 is 1.35 bits per heavy atom. The predicted octanol–water partition coefficient (Wildman–Crippen LogP) is 3.64. The highest BCUT2D eigenvalue weighted by atomic mass is 127. The van der Waals surface area contributed by atoms with Crippen molar-refractivity contribution in [1.82, 2.24) is 0 Å². The van der Waals surface area contributed by atoms with E-state index in [1.807, 2.05) is 19.1 Å². The maximum Gasteiger partial charge on any atom is 0.337 e. The van der Waals surface area contributed by atoms with E-state index < -0.39 is 0 Å². The van der Waals surface area contributed by atoms with Crippen LogP contribution in [0.3, 0.4) is 0 Å². The van der Waals surface area contributed by atoms with Gasteiger partial charge in [0.05, 0.1) is 19.8 Å². The van der Waals surface area contributed by atoms with E-state index >= 15 is 0 Å². The summed E-state index contributed by atoms with van der Waals surface area (Å²) in [6, 6.07) is 3.53. The van der Waals surface area contributed by atoms with E-state index in [0.29, 0.717) is 12.2 Å². The number of hydrogen-bond donors (Lipinski definition) is 0. The van der Waals surface area contributed by atoms with E-state index in [1.165, 1.54) is 7.11 Å². The maximum absolute atomic E-state index is 11.4. The molecule has 0 radical (unpaired) electrons. The molecular formula is C12H12I2O3. The summed E-state index contributed by atoms with van der Waals surface area (Å²) in [7, 11) is 1.37. The number of benzene rings is 1. The lowest BCUT2D eigenvalue weighted by Gasteiger charge is -2.10. The molecule has 0 saturated heterocycles. The number of ether oxygens (including phenoxy) is 2. The highest BCUT2D eigenvalue weighted by molar-refractivity contribution is 14.1. The van der Waals surface area contributed by atoms with Crippen molar-refractivity contribution in [3.05, 3.63) is 37.0 Å². The third-order valence-electron chi connectivity index (χ3n) is 1.98. The van der Waals surface area contributed by atoms with Crippen LogP contribution in [0.1, 0.15) is 17.3 Å². The number of methoxy groups -OCH3 is 1. The summed E-state index contributed by atoms with van der Waals surface area (Å²) in [4.78, 5) is 11.4. The van der Waals surface area contributed by atoms with Gasteiger partial charge in [0.2, 0.25) is 0 Å². The Labute approximate surface area is 128 Å². The van der Waals surface area contributed by atoms with E-state index in [2.05, 4.69) is 49.9 Å². The summed E-state index contributed by atoms with van der Waals surface area (Å²) >= 11 is 4.30. The molecule has 0 heterocycles. The molecule has 3 nitrogen and oxygen atoms in total. The third-order valence-corrected chi connectivity index (χ3v) is 3.58. The highest BCUT2D eigenvalue weighted by Gasteiger charge is 2.13. The molecule has 5 heteroatoms. The van der Waals surface area contributed by atoms with Crippen molar-refractivity contribution in [1.29, 1.82) is 0 Å². The van der Waals surface area contributed by atoms with Gasteiger partial charge in [0, 0.05) is 0 Å². The first kappa shape index (κ1) is 14.7. The second kappa shape index (κ2) is 7.20. The van der Waals surface area contributed by atoms with Crippen molar-refractivity contribution in [2.45, 2.75) is 6.92 Å². The second-order valence-corrected chi connectivity index (χ2v) is 5.47. The van der Waals surface area contributed by atoms with Crippen molar-refractivity contribution in [2.75, 3.05) is 13.7 Å². The van der Waals surface area contributed by atoms with E-state index in [0.717, 1.165) is 12.9 Å².